The van der Waals surface area contributed by atoms with Gasteiger partial charge in [-0.3, -0.25) is 4.79 Å². The van der Waals surface area contributed by atoms with E-state index in [-0.39, 0.29) is 53.9 Å². The first-order valence-corrected chi connectivity index (χ1v) is 9.33. The molecule has 150 valence electrons. The standard InChI is InChI=1S/C20H23FN2O5/c1-4-12-17(19(25)27-5-2)13(23-20(26)22-12)9-28-15-7-6-11(21)16-10(3)8-14(24)18(15)16/h6-7,10,12H,4-5,8-9H2,1-3H3,(H2,22,23,26)/t10-,12+/m0/s1. The van der Waals surface area contributed by atoms with Crippen molar-refractivity contribution in [3.05, 3.63) is 40.3 Å². The van der Waals surface area contributed by atoms with E-state index in [9.17, 15) is 18.8 Å². The van der Waals surface area contributed by atoms with Gasteiger partial charge in [0.15, 0.2) is 5.78 Å². The monoisotopic (exact) mass is 390 g/mol. The minimum absolute atomic E-state index is 0.155. The van der Waals surface area contributed by atoms with Gasteiger partial charge >= 0.3 is 12.0 Å². The molecule has 0 saturated carbocycles. The first-order chi connectivity index (χ1) is 13.4. The third kappa shape index (κ3) is 3.58. The van der Waals surface area contributed by atoms with Crippen molar-refractivity contribution in [1.82, 2.24) is 10.6 Å². The average molecular weight is 390 g/mol. The zero-order chi connectivity index (χ0) is 20.4. The van der Waals surface area contributed by atoms with Crippen LogP contribution in [0.3, 0.4) is 0 Å². The van der Waals surface area contributed by atoms with Crippen LogP contribution in [0.15, 0.2) is 23.4 Å². The highest BCUT2D eigenvalue weighted by atomic mass is 19.1. The van der Waals surface area contributed by atoms with Gasteiger partial charge in [0.2, 0.25) is 0 Å². The van der Waals surface area contributed by atoms with E-state index in [4.69, 9.17) is 9.47 Å². The third-order valence-corrected chi connectivity index (χ3v) is 4.94. The van der Waals surface area contributed by atoms with Crippen LogP contribution in [0.25, 0.3) is 0 Å². The number of rotatable bonds is 6. The van der Waals surface area contributed by atoms with Crippen molar-refractivity contribution >= 4 is 17.8 Å². The smallest absolute Gasteiger partial charge is 0.338 e. The lowest BCUT2D eigenvalue weighted by Gasteiger charge is -2.28. The van der Waals surface area contributed by atoms with E-state index in [2.05, 4.69) is 10.6 Å². The Labute approximate surface area is 162 Å². The Morgan fingerprint density at radius 3 is 2.71 bits per heavy atom. The Balaban J connectivity index is 1.93. The number of hydrogen-bond acceptors (Lipinski definition) is 5. The van der Waals surface area contributed by atoms with Crippen LogP contribution in [0.5, 0.6) is 5.75 Å². The summed E-state index contributed by atoms with van der Waals surface area (Å²) in [5.74, 6) is -1.15. The molecule has 0 saturated heterocycles. The fourth-order valence-corrected chi connectivity index (χ4v) is 3.67. The third-order valence-electron chi connectivity index (χ3n) is 4.94. The molecular weight excluding hydrogens is 367 g/mol. The molecule has 1 aromatic carbocycles. The second kappa shape index (κ2) is 8.00. The number of fused-ring (bicyclic) bond motifs is 1. The molecule has 1 aliphatic heterocycles. The summed E-state index contributed by atoms with van der Waals surface area (Å²) in [4.78, 5) is 36.6. The van der Waals surface area contributed by atoms with Gasteiger partial charge in [0.25, 0.3) is 0 Å². The summed E-state index contributed by atoms with van der Waals surface area (Å²) >= 11 is 0. The van der Waals surface area contributed by atoms with Crippen LogP contribution in [0, 0.1) is 5.82 Å². The molecule has 1 aromatic rings. The molecule has 1 aliphatic carbocycles. The van der Waals surface area contributed by atoms with Gasteiger partial charge in [-0.15, -0.1) is 0 Å². The van der Waals surface area contributed by atoms with Crippen molar-refractivity contribution < 1.29 is 28.2 Å². The number of urea groups is 1. The fraction of sp³-hybridized carbons (Fsp3) is 0.450. The number of ether oxygens (including phenoxy) is 2. The molecule has 0 fully saturated rings. The average Bonchev–Trinajstić information content (AvgIpc) is 2.96. The molecule has 0 aromatic heterocycles. The van der Waals surface area contributed by atoms with Crippen LogP contribution < -0.4 is 15.4 Å². The number of Topliss-reactive ketones (excluding diaryl/α,β-unsaturated/α-hetero) is 1. The van der Waals surface area contributed by atoms with Gasteiger partial charge in [0.1, 0.15) is 18.2 Å². The maximum absolute atomic E-state index is 14.1. The van der Waals surface area contributed by atoms with Crippen molar-refractivity contribution in [2.45, 2.75) is 45.6 Å². The lowest BCUT2D eigenvalue weighted by molar-refractivity contribution is -0.139. The number of benzene rings is 1. The zero-order valence-corrected chi connectivity index (χ0v) is 16.1. The summed E-state index contributed by atoms with van der Waals surface area (Å²) in [5, 5.41) is 5.26. The number of amides is 2. The van der Waals surface area contributed by atoms with Gasteiger partial charge < -0.3 is 20.1 Å². The maximum atomic E-state index is 14.1. The molecule has 8 heteroatoms. The molecule has 7 nitrogen and oxygen atoms in total. The predicted molar refractivity (Wildman–Crippen MR) is 98.7 cm³/mol. The topological polar surface area (TPSA) is 93.7 Å². The summed E-state index contributed by atoms with van der Waals surface area (Å²) in [6, 6.07) is 1.70. The quantitative estimate of drug-likeness (QED) is 0.729. The van der Waals surface area contributed by atoms with E-state index in [0.29, 0.717) is 12.0 Å². The number of esters is 1. The highest BCUT2D eigenvalue weighted by Crippen LogP contribution is 2.39. The number of halogens is 1. The largest absolute Gasteiger partial charge is 0.487 e. The van der Waals surface area contributed by atoms with Gasteiger partial charge in [-0.05, 0) is 31.4 Å². The van der Waals surface area contributed by atoms with Crippen molar-refractivity contribution in [3.8, 4) is 5.75 Å². The van der Waals surface area contributed by atoms with Gasteiger partial charge in [-0.25, -0.2) is 14.0 Å². The molecule has 2 atom stereocenters. The number of carbonyl (C=O) groups excluding carboxylic acids is 3. The van der Waals surface area contributed by atoms with E-state index < -0.39 is 23.9 Å². The van der Waals surface area contributed by atoms with Crippen LogP contribution in [0.1, 0.15) is 55.5 Å². The van der Waals surface area contributed by atoms with E-state index in [1.54, 1.807) is 13.8 Å². The highest BCUT2D eigenvalue weighted by molar-refractivity contribution is 6.03. The van der Waals surface area contributed by atoms with E-state index in [1.807, 2.05) is 6.92 Å². The van der Waals surface area contributed by atoms with E-state index >= 15 is 0 Å². The molecule has 2 aliphatic rings. The Kier molecular flexibility index (Phi) is 5.67. The zero-order valence-electron chi connectivity index (χ0n) is 16.1. The van der Waals surface area contributed by atoms with Crippen molar-refractivity contribution in [2.24, 2.45) is 0 Å². The second-order valence-electron chi connectivity index (χ2n) is 6.82. The van der Waals surface area contributed by atoms with Gasteiger partial charge in [0.05, 0.1) is 29.5 Å². The number of ketones is 1. The van der Waals surface area contributed by atoms with Gasteiger partial charge in [0, 0.05) is 12.0 Å². The van der Waals surface area contributed by atoms with Gasteiger partial charge in [-0.1, -0.05) is 13.8 Å². The molecule has 28 heavy (non-hydrogen) atoms. The molecule has 0 spiro atoms. The summed E-state index contributed by atoms with van der Waals surface area (Å²) in [5.41, 5.74) is 1.13. The lowest BCUT2D eigenvalue weighted by Crippen LogP contribution is -2.51. The van der Waals surface area contributed by atoms with Crippen LogP contribution in [0.4, 0.5) is 9.18 Å². The number of nitrogens with one attached hydrogen (secondary N) is 2. The lowest BCUT2D eigenvalue weighted by atomic mass is 10.0. The maximum Gasteiger partial charge on any atom is 0.338 e. The summed E-state index contributed by atoms with van der Waals surface area (Å²) < 4.78 is 25.0. The number of carbonyl (C=O) groups is 3. The van der Waals surface area contributed by atoms with Crippen LogP contribution in [0.2, 0.25) is 0 Å². The molecule has 2 N–H and O–H groups in total. The minimum atomic E-state index is -0.547. The molecule has 2 amide bonds. The second-order valence-corrected chi connectivity index (χ2v) is 6.82. The van der Waals surface area contributed by atoms with E-state index in [1.165, 1.54) is 12.1 Å². The minimum Gasteiger partial charge on any atom is -0.487 e. The number of hydrogen-bond donors (Lipinski definition) is 2. The molecule has 1 heterocycles. The molecule has 0 unspecified atom stereocenters. The molecule has 0 bridgehead atoms. The summed E-state index contributed by atoms with van der Waals surface area (Å²) in [6.07, 6.45) is 0.717. The molecule has 3 rings (SSSR count). The van der Waals surface area contributed by atoms with Crippen molar-refractivity contribution in [1.29, 1.82) is 0 Å². The highest BCUT2D eigenvalue weighted by Gasteiger charge is 2.34. The van der Waals surface area contributed by atoms with E-state index in [0.717, 1.165) is 0 Å². The first-order valence-electron chi connectivity index (χ1n) is 9.33. The van der Waals surface area contributed by atoms with Crippen LogP contribution in [-0.2, 0) is 9.53 Å². The van der Waals surface area contributed by atoms with Crippen molar-refractivity contribution in [2.75, 3.05) is 13.2 Å². The molecular formula is C20H23FN2O5. The van der Waals surface area contributed by atoms with Gasteiger partial charge in [-0.2, -0.15) is 0 Å². The Morgan fingerprint density at radius 1 is 1.29 bits per heavy atom. The van der Waals surface area contributed by atoms with Crippen LogP contribution >= 0.6 is 0 Å². The Bertz CT molecular complexity index is 864. The fourth-order valence-electron chi connectivity index (χ4n) is 3.67. The summed E-state index contributed by atoms with van der Waals surface area (Å²) in [7, 11) is 0. The van der Waals surface area contributed by atoms with Crippen LogP contribution in [-0.4, -0.2) is 37.0 Å². The summed E-state index contributed by atoms with van der Waals surface area (Å²) in [6.45, 7) is 5.35. The Hall–Kier alpha value is -2.90. The molecule has 0 radical (unpaired) electrons. The Morgan fingerprint density at radius 2 is 2.04 bits per heavy atom. The van der Waals surface area contributed by atoms with Crippen molar-refractivity contribution in [3.63, 3.8) is 0 Å². The normalized spacial score (nSPS) is 21.1. The predicted octanol–water partition coefficient (Wildman–Crippen LogP) is 2.80. The SMILES string of the molecule is CCOC(=O)C1=C(COc2ccc(F)c3c2C(=O)C[C@@H]3C)NC(=O)N[C@@H]1CC. The first kappa shape index (κ1) is 19.9.